The van der Waals surface area contributed by atoms with Crippen LogP contribution in [0.3, 0.4) is 0 Å². The highest BCUT2D eigenvalue weighted by atomic mass is 35.5. The molecule has 3 rings (SSSR count). The smallest absolute Gasteiger partial charge is 0.275 e. The molecular formula is C14H10Cl2N4O. The number of H-pyrrole nitrogens is 1. The van der Waals surface area contributed by atoms with E-state index in [1.54, 1.807) is 12.1 Å². The van der Waals surface area contributed by atoms with Crippen molar-refractivity contribution in [3.8, 4) is 0 Å². The summed E-state index contributed by atoms with van der Waals surface area (Å²) in [6.07, 6.45) is 1.38. The minimum Gasteiger partial charge on any atom is -0.321 e. The van der Waals surface area contributed by atoms with Crippen molar-refractivity contribution in [2.24, 2.45) is 0 Å². The Morgan fingerprint density at radius 3 is 2.86 bits per heavy atom. The van der Waals surface area contributed by atoms with Crippen LogP contribution in [0.15, 0.2) is 30.5 Å². The number of anilines is 1. The molecule has 0 aliphatic heterocycles. The van der Waals surface area contributed by atoms with Gasteiger partial charge in [0.25, 0.3) is 5.91 Å². The molecule has 2 aromatic heterocycles. The fourth-order valence-electron chi connectivity index (χ4n) is 2.00. The second-order valence-corrected chi connectivity index (χ2v) is 5.36. The number of hydrogen-bond acceptors (Lipinski definition) is 3. The van der Waals surface area contributed by atoms with Crippen LogP contribution in [-0.2, 0) is 0 Å². The number of aryl methyl sites for hydroxylation is 1. The highest BCUT2D eigenvalue weighted by molar-refractivity contribution is 6.36. The third kappa shape index (κ3) is 2.70. The summed E-state index contributed by atoms with van der Waals surface area (Å²) < 4.78 is 0. The molecule has 5 nitrogen and oxygen atoms in total. The number of benzene rings is 1. The van der Waals surface area contributed by atoms with Crippen LogP contribution in [0.5, 0.6) is 0 Å². The zero-order chi connectivity index (χ0) is 15.0. The number of aromatic amines is 1. The summed E-state index contributed by atoms with van der Waals surface area (Å²) >= 11 is 11.7. The third-order valence-electron chi connectivity index (χ3n) is 3.03. The number of amides is 1. The normalized spacial score (nSPS) is 10.8. The lowest BCUT2D eigenvalue weighted by molar-refractivity contribution is 0.102. The molecule has 2 N–H and O–H groups in total. The number of nitrogens with one attached hydrogen (secondary N) is 2. The second kappa shape index (κ2) is 5.35. The first-order chi connectivity index (χ1) is 10.0. The molecule has 3 aromatic rings. The topological polar surface area (TPSA) is 70.7 Å². The van der Waals surface area contributed by atoms with Crippen LogP contribution < -0.4 is 5.32 Å². The SMILES string of the molecule is Cc1[nH]nc2cc(NC(=O)c3ncc(Cl)cc3Cl)ccc12. The highest BCUT2D eigenvalue weighted by Crippen LogP contribution is 2.22. The van der Waals surface area contributed by atoms with E-state index in [2.05, 4.69) is 20.5 Å². The Morgan fingerprint density at radius 2 is 2.10 bits per heavy atom. The van der Waals surface area contributed by atoms with Crippen LogP contribution in [-0.4, -0.2) is 21.1 Å². The number of nitrogens with zero attached hydrogens (tertiary/aromatic N) is 2. The van der Waals surface area contributed by atoms with Gasteiger partial charge in [-0.1, -0.05) is 23.2 Å². The van der Waals surface area contributed by atoms with E-state index in [9.17, 15) is 4.79 Å². The summed E-state index contributed by atoms with van der Waals surface area (Å²) in [6.45, 7) is 1.94. The lowest BCUT2D eigenvalue weighted by atomic mass is 10.2. The predicted octanol–water partition coefficient (Wildman–Crippen LogP) is 3.83. The molecule has 0 fully saturated rings. The number of carbonyl (C=O) groups is 1. The van der Waals surface area contributed by atoms with Crippen molar-refractivity contribution in [3.05, 3.63) is 51.9 Å². The Kier molecular flexibility index (Phi) is 3.53. The Balaban J connectivity index is 1.88. The van der Waals surface area contributed by atoms with Crippen LogP contribution in [0.25, 0.3) is 10.9 Å². The highest BCUT2D eigenvalue weighted by Gasteiger charge is 2.13. The van der Waals surface area contributed by atoms with E-state index in [0.29, 0.717) is 10.7 Å². The summed E-state index contributed by atoms with van der Waals surface area (Å²) in [5.74, 6) is -0.400. The molecule has 7 heteroatoms. The maximum atomic E-state index is 12.2. The summed E-state index contributed by atoms with van der Waals surface area (Å²) in [6, 6.07) is 6.94. The number of hydrogen-bond donors (Lipinski definition) is 2. The van der Waals surface area contributed by atoms with Crippen LogP contribution >= 0.6 is 23.2 Å². The number of rotatable bonds is 2. The molecule has 0 spiro atoms. The van der Waals surface area contributed by atoms with Crippen LogP contribution in [0.4, 0.5) is 5.69 Å². The molecule has 2 heterocycles. The molecule has 1 aromatic carbocycles. The van der Waals surface area contributed by atoms with Gasteiger partial charge in [-0.25, -0.2) is 4.98 Å². The van der Waals surface area contributed by atoms with Gasteiger partial charge in [0, 0.05) is 23.0 Å². The number of aromatic nitrogens is 3. The second-order valence-electron chi connectivity index (χ2n) is 4.52. The van der Waals surface area contributed by atoms with Gasteiger partial charge in [-0.3, -0.25) is 9.89 Å². The molecule has 1 amide bonds. The Morgan fingerprint density at radius 1 is 1.29 bits per heavy atom. The monoisotopic (exact) mass is 320 g/mol. The van der Waals surface area contributed by atoms with Crippen molar-refractivity contribution >= 4 is 45.7 Å². The molecule has 0 bridgehead atoms. The van der Waals surface area contributed by atoms with Crippen molar-refractivity contribution in [2.45, 2.75) is 6.92 Å². The van der Waals surface area contributed by atoms with Crippen molar-refractivity contribution in [3.63, 3.8) is 0 Å². The fraction of sp³-hybridized carbons (Fsp3) is 0.0714. The van der Waals surface area contributed by atoms with Gasteiger partial charge in [0.2, 0.25) is 0 Å². The molecule has 21 heavy (non-hydrogen) atoms. The van der Waals surface area contributed by atoms with Crippen LogP contribution in [0.2, 0.25) is 10.0 Å². The maximum Gasteiger partial charge on any atom is 0.275 e. The largest absolute Gasteiger partial charge is 0.321 e. The van der Waals surface area contributed by atoms with E-state index in [4.69, 9.17) is 23.2 Å². The molecule has 0 atom stereocenters. The molecule has 0 saturated heterocycles. The molecule has 0 unspecified atom stereocenters. The quantitative estimate of drug-likeness (QED) is 0.753. The van der Waals surface area contributed by atoms with Gasteiger partial charge >= 0.3 is 0 Å². The third-order valence-corrected chi connectivity index (χ3v) is 3.52. The van der Waals surface area contributed by atoms with Gasteiger partial charge in [0.1, 0.15) is 5.69 Å². The van der Waals surface area contributed by atoms with E-state index in [0.717, 1.165) is 16.6 Å². The Hall–Kier alpha value is -2.11. The minimum atomic E-state index is -0.400. The minimum absolute atomic E-state index is 0.124. The van der Waals surface area contributed by atoms with E-state index in [1.807, 2.05) is 13.0 Å². The van der Waals surface area contributed by atoms with E-state index in [-0.39, 0.29) is 10.7 Å². The number of pyridine rings is 1. The lowest BCUT2D eigenvalue weighted by Gasteiger charge is -2.06. The summed E-state index contributed by atoms with van der Waals surface area (Å²) in [4.78, 5) is 16.1. The molecule has 0 saturated carbocycles. The Bertz CT molecular complexity index is 844. The van der Waals surface area contributed by atoms with Gasteiger partial charge in [-0.05, 0) is 31.2 Å². The molecule has 0 aliphatic carbocycles. The number of fused-ring (bicyclic) bond motifs is 1. The van der Waals surface area contributed by atoms with Crippen LogP contribution in [0.1, 0.15) is 16.2 Å². The zero-order valence-electron chi connectivity index (χ0n) is 10.9. The number of halogens is 2. The average molecular weight is 321 g/mol. The zero-order valence-corrected chi connectivity index (χ0v) is 12.5. The average Bonchev–Trinajstić information content (AvgIpc) is 2.80. The number of carbonyl (C=O) groups excluding carboxylic acids is 1. The van der Waals surface area contributed by atoms with E-state index >= 15 is 0 Å². The fourth-order valence-corrected chi connectivity index (χ4v) is 2.46. The predicted molar refractivity (Wildman–Crippen MR) is 83.0 cm³/mol. The summed E-state index contributed by atoms with van der Waals surface area (Å²) in [7, 11) is 0. The van der Waals surface area contributed by atoms with Crippen molar-refractivity contribution < 1.29 is 4.79 Å². The van der Waals surface area contributed by atoms with Gasteiger partial charge in [0.05, 0.1) is 15.6 Å². The molecule has 0 radical (unpaired) electrons. The van der Waals surface area contributed by atoms with Gasteiger partial charge in [-0.15, -0.1) is 0 Å². The van der Waals surface area contributed by atoms with Crippen molar-refractivity contribution in [1.29, 1.82) is 0 Å². The first-order valence-corrected chi connectivity index (χ1v) is 6.87. The van der Waals surface area contributed by atoms with Gasteiger partial charge in [0.15, 0.2) is 0 Å². The molecular weight excluding hydrogens is 311 g/mol. The maximum absolute atomic E-state index is 12.2. The first-order valence-electron chi connectivity index (χ1n) is 6.12. The standard InChI is InChI=1S/C14H10Cl2N4O/c1-7-10-3-2-9(5-12(10)20-19-7)18-14(21)13-11(16)4-8(15)6-17-13/h2-6H,1H3,(H,18,21)(H,19,20). The first kappa shape index (κ1) is 13.9. The van der Waals surface area contributed by atoms with E-state index in [1.165, 1.54) is 12.3 Å². The van der Waals surface area contributed by atoms with Crippen molar-refractivity contribution in [2.75, 3.05) is 5.32 Å². The van der Waals surface area contributed by atoms with Gasteiger partial charge in [-0.2, -0.15) is 5.10 Å². The Labute approximate surface area is 130 Å². The van der Waals surface area contributed by atoms with Crippen molar-refractivity contribution in [1.82, 2.24) is 15.2 Å². The lowest BCUT2D eigenvalue weighted by Crippen LogP contribution is -2.14. The molecule has 106 valence electrons. The van der Waals surface area contributed by atoms with Gasteiger partial charge < -0.3 is 5.32 Å². The summed E-state index contributed by atoms with van der Waals surface area (Å²) in [5.41, 5.74) is 2.50. The summed E-state index contributed by atoms with van der Waals surface area (Å²) in [5, 5.41) is 11.4. The van der Waals surface area contributed by atoms with Crippen LogP contribution in [0, 0.1) is 6.92 Å². The van der Waals surface area contributed by atoms with E-state index < -0.39 is 5.91 Å². The molecule has 0 aliphatic rings.